The standard InChI is InChI=1S/C18H24N2/c1-2-18(12-5-6-13-18)17(20-19)16-11-7-9-14-8-3-4-10-15(14)16/h3-4,7-11,17,20H,2,5-6,12-13,19H2,1H3. The van der Waals surface area contributed by atoms with Gasteiger partial charge in [-0.1, -0.05) is 62.2 Å². The third-order valence-electron chi connectivity index (χ3n) is 5.22. The lowest BCUT2D eigenvalue weighted by atomic mass is 9.73. The molecule has 1 aliphatic carbocycles. The Morgan fingerprint density at radius 3 is 2.50 bits per heavy atom. The highest BCUT2D eigenvalue weighted by molar-refractivity contribution is 5.86. The fraction of sp³-hybridized carbons (Fsp3) is 0.444. The van der Waals surface area contributed by atoms with Crippen molar-refractivity contribution < 1.29 is 0 Å². The molecule has 0 aromatic heterocycles. The fourth-order valence-electron chi connectivity index (χ4n) is 4.02. The number of hydrazine groups is 1. The van der Waals surface area contributed by atoms with Crippen LogP contribution in [0.15, 0.2) is 42.5 Å². The van der Waals surface area contributed by atoms with E-state index in [-0.39, 0.29) is 6.04 Å². The Morgan fingerprint density at radius 2 is 1.80 bits per heavy atom. The Hall–Kier alpha value is -1.38. The van der Waals surface area contributed by atoms with Crippen molar-refractivity contribution in [1.82, 2.24) is 5.43 Å². The quantitative estimate of drug-likeness (QED) is 0.640. The Labute approximate surface area is 121 Å². The number of nitrogens with one attached hydrogen (secondary N) is 1. The average Bonchev–Trinajstić information content (AvgIpc) is 2.98. The molecule has 1 unspecified atom stereocenters. The van der Waals surface area contributed by atoms with Crippen LogP contribution in [0.1, 0.15) is 50.6 Å². The van der Waals surface area contributed by atoms with Gasteiger partial charge in [-0.15, -0.1) is 0 Å². The van der Waals surface area contributed by atoms with Gasteiger partial charge in [0.25, 0.3) is 0 Å². The van der Waals surface area contributed by atoms with Gasteiger partial charge in [-0.2, -0.15) is 0 Å². The monoisotopic (exact) mass is 268 g/mol. The van der Waals surface area contributed by atoms with E-state index in [9.17, 15) is 0 Å². The molecule has 1 atom stereocenters. The lowest BCUT2D eigenvalue weighted by Crippen LogP contribution is -2.40. The summed E-state index contributed by atoms with van der Waals surface area (Å²) in [4.78, 5) is 0. The molecule has 3 N–H and O–H groups in total. The molecular formula is C18H24N2. The van der Waals surface area contributed by atoms with E-state index in [1.54, 1.807) is 0 Å². The first-order chi connectivity index (χ1) is 9.80. The molecule has 0 amide bonds. The molecule has 1 fully saturated rings. The summed E-state index contributed by atoms with van der Waals surface area (Å²) in [5.41, 5.74) is 4.82. The van der Waals surface area contributed by atoms with Crippen LogP contribution in [0.3, 0.4) is 0 Å². The number of nitrogens with two attached hydrogens (primary N) is 1. The summed E-state index contributed by atoms with van der Waals surface area (Å²) >= 11 is 0. The van der Waals surface area contributed by atoms with Gasteiger partial charge in [0.1, 0.15) is 0 Å². The number of rotatable bonds is 4. The molecule has 3 rings (SSSR count). The molecule has 20 heavy (non-hydrogen) atoms. The number of hydrogen-bond acceptors (Lipinski definition) is 2. The van der Waals surface area contributed by atoms with Crippen LogP contribution >= 0.6 is 0 Å². The Bertz CT molecular complexity index is 579. The largest absolute Gasteiger partial charge is 0.271 e. The van der Waals surface area contributed by atoms with Crippen molar-refractivity contribution in [1.29, 1.82) is 0 Å². The van der Waals surface area contributed by atoms with Gasteiger partial charge < -0.3 is 0 Å². The number of benzene rings is 2. The van der Waals surface area contributed by atoms with Gasteiger partial charge in [0.15, 0.2) is 0 Å². The van der Waals surface area contributed by atoms with E-state index >= 15 is 0 Å². The first-order valence-corrected chi connectivity index (χ1v) is 7.74. The molecule has 1 aliphatic rings. The first kappa shape index (κ1) is 13.6. The molecule has 0 bridgehead atoms. The van der Waals surface area contributed by atoms with Crippen LogP contribution in [0.2, 0.25) is 0 Å². The van der Waals surface area contributed by atoms with E-state index in [4.69, 9.17) is 5.84 Å². The zero-order chi connectivity index (χ0) is 14.0. The second-order valence-electron chi connectivity index (χ2n) is 6.09. The minimum atomic E-state index is 0.251. The van der Waals surface area contributed by atoms with Crippen molar-refractivity contribution >= 4 is 10.8 Å². The van der Waals surface area contributed by atoms with Gasteiger partial charge in [-0.25, -0.2) is 0 Å². The van der Waals surface area contributed by atoms with Crippen LogP contribution < -0.4 is 11.3 Å². The van der Waals surface area contributed by atoms with Crippen molar-refractivity contribution in [2.45, 2.75) is 45.1 Å². The van der Waals surface area contributed by atoms with E-state index < -0.39 is 0 Å². The summed E-state index contributed by atoms with van der Waals surface area (Å²) in [6.45, 7) is 2.31. The third-order valence-corrected chi connectivity index (χ3v) is 5.22. The predicted octanol–water partition coefficient (Wildman–Crippen LogP) is 4.31. The minimum absolute atomic E-state index is 0.251. The van der Waals surface area contributed by atoms with Crippen molar-refractivity contribution in [2.75, 3.05) is 0 Å². The third kappa shape index (κ3) is 2.13. The summed E-state index contributed by atoms with van der Waals surface area (Å²) in [7, 11) is 0. The molecule has 2 aromatic carbocycles. The van der Waals surface area contributed by atoms with Crippen LogP contribution in [-0.2, 0) is 0 Å². The average molecular weight is 268 g/mol. The van der Waals surface area contributed by atoms with E-state index in [1.807, 2.05) is 0 Å². The fourth-order valence-corrected chi connectivity index (χ4v) is 4.02. The second kappa shape index (κ2) is 5.55. The van der Waals surface area contributed by atoms with Crippen LogP contribution in [0.5, 0.6) is 0 Å². The van der Waals surface area contributed by atoms with Crippen molar-refractivity contribution in [3.63, 3.8) is 0 Å². The second-order valence-corrected chi connectivity index (χ2v) is 6.09. The molecular weight excluding hydrogens is 244 g/mol. The maximum Gasteiger partial charge on any atom is 0.0522 e. The highest BCUT2D eigenvalue weighted by Crippen LogP contribution is 2.50. The van der Waals surface area contributed by atoms with Gasteiger partial charge in [-0.3, -0.25) is 11.3 Å². The molecule has 106 valence electrons. The van der Waals surface area contributed by atoms with Crippen LogP contribution in [-0.4, -0.2) is 0 Å². The van der Waals surface area contributed by atoms with Crippen molar-refractivity contribution in [3.05, 3.63) is 48.0 Å². The summed E-state index contributed by atoms with van der Waals surface area (Å²) in [6, 6.07) is 15.4. The molecule has 2 aromatic rings. The molecule has 1 saturated carbocycles. The van der Waals surface area contributed by atoms with Gasteiger partial charge in [-0.05, 0) is 41.0 Å². The summed E-state index contributed by atoms with van der Waals surface area (Å²) in [6.07, 6.45) is 6.40. The van der Waals surface area contributed by atoms with Gasteiger partial charge >= 0.3 is 0 Å². The molecule has 0 saturated heterocycles. The van der Waals surface area contributed by atoms with Crippen LogP contribution in [0, 0.1) is 5.41 Å². The smallest absolute Gasteiger partial charge is 0.0522 e. The molecule has 0 radical (unpaired) electrons. The number of hydrogen-bond donors (Lipinski definition) is 2. The lowest BCUT2D eigenvalue weighted by molar-refractivity contribution is 0.189. The summed E-state index contributed by atoms with van der Waals surface area (Å²) in [5, 5.41) is 2.63. The van der Waals surface area contributed by atoms with Crippen LogP contribution in [0.25, 0.3) is 10.8 Å². The maximum absolute atomic E-state index is 5.99. The lowest BCUT2D eigenvalue weighted by Gasteiger charge is -2.37. The molecule has 0 aliphatic heterocycles. The van der Waals surface area contributed by atoms with E-state index in [2.05, 4.69) is 54.8 Å². The zero-order valence-corrected chi connectivity index (χ0v) is 12.2. The van der Waals surface area contributed by atoms with Gasteiger partial charge in [0.2, 0.25) is 0 Å². The summed E-state index contributed by atoms with van der Waals surface area (Å²) in [5.74, 6) is 5.99. The van der Waals surface area contributed by atoms with E-state index in [0.29, 0.717) is 5.41 Å². The minimum Gasteiger partial charge on any atom is -0.271 e. The topological polar surface area (TPSA) is 38.0 Å². The Kier molecular flexibility index (Phi) is 3.77. The highest BCUT2D eigenvalue weighted by Gasteiger charge is 2.40. The molecule has 2 nitrogen and oxygen atoms in total. The Balaban J connectivity index is 2.12. The SMILES string of the molecule is CCC1(C(NN)c2cccc3ccccc23)CCCC1. The van der Waals surface area contributed by atoms with E-state index in [1.165, 1.54) is 48.4 Å². The number of fused-ring (bicyclic) bond motifs is 1. The molecule has 0 heterocycles. The van der Waals surface area contributed by atoms with Crippen molar-refractivity contribution in [2.24, 2.45) is 11.3 Å². The molecule has 0 spiro atoms. The van der Waals surface area contributed by atoms with E-state index in [0.717, 1.165) is 0 Å². The maximum atomic E-state index is 5.99. The van der Waals surface area contributed by atoms with Crippen LogP contribution in [0.4, 0.5) is 0 Å². The zero-order valence-electron chi connectivity index (χ0n) is 12.2. The van der Waals surface area contributed by atoms with Gasteiger partial charge in [0, 0.05) is 0 Å². The first-order valence-electron chi connectivity index (χ1n) is 7.74. The van der Waals surface area contributed by atoms with Gasteiger partial charge in [0.05, 0.1) is 6.04 Å². The predicted molar refractivity (Wildman–Crippen MR) is 85.2 cm³/mol. The Morgan fingerprint density at radius 1 is 1.10 bits per heavy atom. The summed E-state index contributed by atoms with van der Waals surface area (Å²) < 4.78 is 0. The molecule has 2 heteroatoms. The van der Waals surface area contributed by atoms with Crippen molar-refractivity contribution in [3.8, 4) is 0 Å². The highest BCUT2D eigenvalue weighted by atomic mass is 15.2. The normalized spacial score (nSPS) is 19.3.